The fourth-order valence-corrected chi connectivity index (χ4v) is 4.92. The molecule has 0 radical (unpaired) electrons. The number of benzene rings is 1. The Morgan fingerprint density at radius 1 is 1.17 bits per heavy atom. The molecule has 36 heavy (non-hydrogen) atoms. The molecule has 4 heterocycles. The van der Waals surface area contributed by atoms with Crippen LogP contribution >= 0.6 is 11.6 Å². The summed E-state index contributed by atoms with van der Waals surface area (Å²) < 4.78 is 21.0. The van der Waals surface area contributed by atoms with Gasteiger partial charge in [-0.05, 0) is 50.6 Å². The van der Waals surface area contributed by atoms with E-state index in [1.807, 2.05) is 11.1 Å². The van der Waals surface area contributed by atoms with Crippen LogP contribution < -0.4 is 21.1 Å². The van der Waals surface area contributed by atoms with Gasteiger partial charge < -0.3 is 30.6 Å². The molecule has 190 valence electrons. The summed E-state index contributed by atoms with van der Waals surface area (Å²) in [7, 11) is 0. The van der Waals surface area contributed by atoms with Crippen molar-refractivity contribution in [2.75, 3.05) is 43.4 Å². The van der Waals surface area contributed by atoms with Crippen molar-refractivity contribution < 1.29 is 13.9 Å². The van der Waals surface area contributed by atoms with Gasteiger partial charge >= 0.3 is 6.09 Å². The highest BCUT2D eigenvalue weighted by Gasteiger charge is 2.29. The van der Waals surface area contributed by atoms with Crippen molar-refractivity contribution in [2.45, 2.75) is 31.7 Å². The molecule has 0 aliphatic carbocycles. The Balaban J connectivity index is 1.36. The van der Waals surface area contributed by atoms with Gasteiger partial charge in [0.25, 0.3) is 0 Å². The number of nitrogen functional groups attached to an aromatic ring is 1. The number of anilines is 2. The number of carbonyl (C=O) groups is 1. The Hall–Kier alpha value is -3.44. The van der Waals surface area contributed by atoms with Crippen LogP contribution in [0.25, 0.3) is 11.3 Å². The molecule has 0 spiro atoms. The van der Waals surface area contributed by atoms with Gasteiger partial charge in [0.15, 0.2) is 11.6 Å². The van der Waals surface area contributed by atoms with Gasteiger partial charge in [-0.15, -0.1) is 0 Å². The Kier molecular flexibility index (Phi) is 6.92. The number of aromatic nitrogens is 4. The third kappa shape index (κ3) is 5.07. The predicted octanol–water partition coefficient (Wildman–Crippen LogP) is 3.26. The molecule has 0 atom stereocenters. The number of nitrogens with zero attached hydrogens (tertiary/aromatic N) is 6. The van der Waals surface area contributed by atoms with Crippen LogP contribution in [-0.4, -0.2) is 63.2 Å². The molecule has 2 aromatic heterocycles. The highest BCUT2D eigenvalue weighted by atomic mass is 35.5. The SMILES string of the molecule is NC(=O)Oc1c(N)ncnc1N1CCC(c2nc(-c3ccc(F)c(Cl)c3)cn2CCN2CCC2)CC1. The maximum atomic E-state index is 13.7. The molecule has 2 aliphatic rings. The zero-order valence-corrected chi connectivity index (χ0v) is 20.5. The molecular formula is C24H28ClFN8O2. The summed E-state index contributed by atoms with van der Waals surface area (Å²) in [4.78, 5) is 29.0. The highest BCUT2D eigenvalue weighted by molar-refractivity contribution is 6.31. The van der Waals surface area contributed by atoms with E-state index in [1.54, 1.807) is 12.1 Å². The number of imidazole rings is 1. The number of hydrogen-bond donors (Lipinski definition) is 2. The van der Waals surface area contributed by atoms with E-state index in [1.165, 1.54) is 18.8 Å². The van der Waals surface area contributed by atoms with Crippen molar-refractivity contribution in [1.29, 1.82) is 0 Å². The van der Waals surface area contributed by atoms with Crippen LogP contribution in [0.15, 0.2) is 30.7 Å². The van der Waals surface area contributed by atoms with Crippen LogP contribution in [0.1, 0.15) is 31.0 Å². The van der Waals surface area contributed by atoms with Crippen LogP contribution in [0, 0.1) is 5.82 Å². The average Bonchev–Trinajstić information content (AvgIpc) is 3.25. The van der Waals surface area contributed by atoms with E-state index in [-0.39, 0.29) is 22.5 Å². The first-order valence-corrected chi connectivity index (χ1v) is 12.3. The third-order valence-electron chi connectivity index (χ3n) is 6.80. The van der Waals surface area contributed by atoms with Gasteiger partial charge in [0.1, 0.15) is 18.0 Å². The van der Waals surface area contributed by atoms with E-state index in [4.69, 9.17) is 32.8 Å². The number of nitrogens with two attached hydrogens (primary N) is 2. The number of rotatable bonds is 7. The van der Waals surface area contributed by atoms with Gasteiger partial charge in [-0.2, -0.15) is 0 Å². The van der Waals surface area contributed by atoms with Crippen LogP contribution in [-0.2, 0) is 6.54 Å². The number of primary amides is 1. The number of hydrogen-bond acceptors (Lipinski definition) is 8. The lowest BCUT2D eigenvalue weighted by atomic mass is 9.95. The first-order chi connectivity index (χ1) is 17.4. The standard InChI is InChI=1S/C24H28ClFN8O2/c25-17-12-16(2-3-18(17)26)19-13-34(11-10-32-6-1-7-32)22(31-19)15-4-8-33(9-5-15)23-20(36-24(28)35)21(27)29-14-30-23/h2-3,12-15H,1,4-11H2,(H2,28,35)(H2,27,29,30). The molecule has 0 saturated carbocycles. The molecular weight excluding hydrogens is 487 g/mol. The molecule has 1 amide bonds. The summed E-state index contributed by atoms with van der Waals surface area (Å²) in [6, 6.07) is 4.69. The second kappa shape index (κ2) is 10.3. The minimum atomic E-state index is -0.967. The Bertz CT molecular complexity index is 1260. The molecule has 3 aromatic rings. The summed E-state index contributed by atoms with van der Waals surface area (Å²) >= 11 is 6.04. The summed E-state index contributed by atoms with van der Waals surface area (Å²) in [5.74, 6) is 1.35. The van der Waals surface area contributed by atoms with Crippen molar-refractivity contribution in [3.63, 3.8) is 0 Å². The number of carbonyl (C=O) groups excluding carboxylic acids is 1. The van der Waals surface area contributed by atoms with E-state index < -0.39 is 11.9 Å². The van der Waals surface area contributed by atoms with Gasteiger partial charge in [-0.25, -0.2) is 24.1 Å². The lowest BCUT2D eigenvalue weighted by Crippen LogP contribution is -2.39. The lowest BCUT2D eigenvalue weighted by molar-refractivity contribution is 0.173. The maximum Gasteiger partial charge on any atom is 0.410 e. The van der Waals surface area contributed by atoms with Crippen molar-refractivity contribution in [2.24, 2.45) is 5.73 Å². The first-order valence-electron chi connectivity index (χ1n) is 12.0. The first kappa shape index (κ1) is 24.3. The molecule has 2 fully saturated rings. The molecule has 5 rings (SSSR count). The van der Waals surface area contributed by atoms with Crippen molar-refractivity contribution in [3.8, 4) is 17.0 Å². The van der Waals surface area contributed by atoms with E-state index in [0.29, 0.717) is 18.9 Å². The fourth-order valence-electron chi connectivity index (χ4n) is 4.73. The van der Waals surface area contributed by atoms with Crippen LogP contribution in [0.3, 0.4) is 0 Å². The number of amides is 1. The molecule has 1 aromatic carbocycles. The fraction of sp³-hybridized carbons (Fsp3) is 0.417. The van der Waals surface area contributed by atoms with E-state index in [2.05, 4.69) is 19.4 Å². The minimum absolute atomic E-state index is 0.0602. The highest BCUT2D eigenvalue weighted by Crippen LogP contribution is 2.36. The Morgan fingerprint density at radius 2 is 1.94 bits per heavy atom. The van der Waals surface area contributed by atoms with Crippen LogP contribution in [0.2, 0.25) is 5.02 Å². The van der Waals surface area contributed by atoms with Gasteiger partial charge in [-0.1, -0.05) is 11.6 Å². The number of ether oxygens (including phenoxy) is 1. The molecule has 2 aliphatic heterocycles. The van der Waals surface area contributed by atoms with Crippen LogP contribution in [0.5, 0.6) is 5.75 Å². The minimum Gasteiger partial charge on any atom is -0.403 e. The quantitative estimate of drug-likeness (QED) is 0.491. The smallest absolute Gasteiger partial charge is 0.403 e. The second-order valence-electron chi connectivity index (χ2n) is 9.10. The summed E-state index contributed by atoms with van der Waals surface area (Å²) in [6.45, 7) is 5.36. The maximum absolute atomic E-state index is 13.7. The largest absolute Gasteiger partial charge is 0.410 e. The van der Waals surface area contributed by atoms with Crippen molar-refractivity contribution in [1.82, 2.24) is 24.4 Å². The molecule has 0 unspecified atom stereocenters. The third-order valence-corrected chi connectivity index (χ3v) is 7.09. The van der Waals surface area contributed by atoms with E-state index in [9.17, 15) is 9.18 Å². The zero-order chi connectivity index (χ0) is 25.2. The van der Waals surface area contributed by atoms with Gasteiger partial charge in [0, 0.05) is 43.9 Å². The van der Waals surface area contributed by atoms with E-state index in [0.717, 1.165) is 56.1 Å². The van der Waals surface area contributed by atoms with Crippen LogP contribution in [0.4, 0.5) is 20.8 Å². The van der Waals surface area contributed by atoms with Gasteiger partial charge in [0.2, 0.25) is 5.75 Å². The molecule has 0 bridgehead atoms. The number of likely N-dealkylation sites (tertiary alicyclic amines) is 1. The molecule has 10 nitrogen and oxygen atoms in total. The molecule has 4 N–H and O–H groups in total. The predicted molar refractivity (Wildman–Crippen MR) is 135 cm³/mol. The Labute approximate surface area is 213 Å². The monoisotopic (exact) mass is 514 g/mol. The summed E-state index contributed by atoms with van der Waals surface area (Å²) in [6.07, 6.45) is 5.27. The number of halogens is 2. The lowest BCUT2D eigenvalue weighted by Gasteiger charge is -2.34. The Morgan fingerprint density at radius 3 is 2.61 bits per heavy atom. The topological polar surface area (TPSA) is 128 Å². The molecule has 12 heteroatoms. The van der Waals surface area contributed by atoms with Crippen molar-refractivity contribution >= 4 is 29.3 Å². The van der Waals surface area contributed by atoms with Gasteiger partial charge in [-0.3, -0.25) is 0 Å². The van der Waals surface area contributed by atoms with E-state index >= 15 is 0 Å². The zero-order valence-electron chi connectivity index (χ0n) is 19.7. The average molecular weight is 515 g/mol. The van der Waals surface area contributed by atoms with Gasteiger partial charge in [0.05, 0.1) is 10.7 Å². The second-order valence-corrected chi connectivity index (χ2v) is 9.50. The summed E-state index contributed by atoms with van der Waals surface area (Å²) in [5.41, 5.74) is 12.7. The molecule has 2 saturated heterocycles. The summed E-state index contributed by atoms with van der Waals surface area (Å²) in [5, 5.41) is 0.0793. The normalized spacial score (nSPS) is 16.7. The van der Waals surface area contributed by atoms with Crippen molar-refractivity contribution in [3.05, 3.63) is 47.4 Å². The number of piperidine rings is 1.